The van der Waals surface area contributed by atoms with Crippen LogP contribution in [0.4, 0.5) is 21.9 Å². The maximum Gasteiger partial charge on any atom is 0.410 e. The lowest BCUT2D eigenvalue weighted by Gasteiger charge is -2.41. The number of carbonyl (C=O) groups excluding carboxylic acids is 4. The van der Waals surface area contributed by atoms with Crippen LogP contribution >= 0.6 is 0 Å². The van der Waals surface area contributed by atoms with Gasteiger partial charge in [0, 0.05) is 57.8 Å². The number of anilines is 3. The van der Waals surface area contributed by atoms with Gasteiger partial charge in [-0.1, -0.05) is 36.4 Å². The molecule has 0 spiro atoms. The van der Waals surface area contributed by atoms with E-state index in [0.717, 1.165) is 40.8 Å². The molecule has 3 heterocycles. The lowest BCUT2D eigenvalue weighted by molar-refractivity contribution is -0.125. The smallest absolute Gasteiger partial charge is 0.410 e. The number of methoxy groups -OCH3 is 1. The largest absolute Gasteiger partial charge is 0.482 e. The Morgan fingerprint density at radius 2 is 1.73 bits per heavy atom. The fraction of sp³-hybridized carbons (Fsp3) is 0.463. The number of ether oxygens (including phenoxy) is 3. The third-order valence-corrected chi connectivity index (χ3v) is 10.4. The Morgan fingerprint density at radius 1 is 0.942 bits per heavy atom. The van der Waals surface area contributed by atoms with Crippen LogP contribution in [0.1, 0.15) is 63.5 Å². The molecule has 1 saturated heterocycles. The fourth-order valence-electron chi connectivity index (χ4n) is 7.65. The Labute approximate surface area is 305 Å². The molecule has 3 aromatic carbocycles. The summed E-state index contributed by atoms with van der Waals surface area (Å²) in [6, 6.07) is 20.1. The fourth-order valence-corrected chi connectivity index (χ4v) is 7.65. The molecule has 0 bridgehead atoms. The monoisotopic (exact) mass is 708 g/mol. The van der Waals surface area contributed by atoms with Crippen molar-refractivity contribution in [2.45, 2.75) is 70.4 Å². The van der Waals surface area contributed by atoms with E-state index in [1.807, 2.05) is 56.0 Å². The molecule has 274 valence electrons. The number of rotatable bonds is 9. The van der Waals surface area contributed by atoms with Crippen molar-refractivity contribution < 1.29 is 33.4 Å². The van der Waals surface area contributed by atoms with Crippen LogP contribution in [-0.2, 0) is 30.3 Å². The van der Waals surface area contributed by atoms with E-state index in [0.29, 0.717) is 56.1 Å². The summed E-state index contributed by atoms with van der Waals surface area (Å²) in [4.78, 5) is 60.8. The van der Waals surface area contributed by atoms with Gasteiger partial charge in [-0.25, -0.2) is 4.79 Å². The van der Waals surface area contributed by atoms with Crippen LogP contribution in [0.15, 0.2) is 60.7 Å². The lowest BCUT2D eigenvalue weighted by atomic mass is 9.78. The summed E-state index contributed by atoms with van der Waals surface area (Å²) in [5.74, 6) is -0.220. The molecular formula is C41H48N4O7. The predicted molar refractivity (Wildman–Crippen MR) is 199 cm³/mol. The molecule has 0 radical (unpaired) electrons. The lowest BCUT2D eigenvalue weighted by Crippen LogP contribution is -2.51. The van der Waals surface area contributed by atoms with Gasteiger partial charge in [0.05, 0.1) is 18.0 Å². The molecule has 52 heavy (non-hydrogen) atoms. The first-order valence-electron chi connectivity index (χ1n) is 18.3. The molecule has 4 amide bonds. The number of amides is 4. The second-order valence-corrected chi connectivity index (χ2v) is 15.3. The van der Waals surface area contributed by atoms with Crippen molar-refractivity contribution >= 4 is 40.9 Å². The number of carbonyl (C=O) groups is 4. The molecule has 1 saturated carbocycles. The van der Waals surface area contributed by atoms with Crippen LogP contribution in [-0.4, -0.2) is 87.4 Å². The number of likely N-dealkylation sites (N-methyl/N-ethyl adjacent to an activating group) is 1. The SMILES string of the molecule is COCCCN1C(=O)COc2ccc(N(C(=O)[C@H]3CN(C(=O)OC(C)(C)C)CC[C@@H]3c3cccc(-c4ccc5c(c4)N(C)C(=O)C5)c3)C3CC3)cc21. The molecule has 0 aromatic heterocycles. The van der Waals surface area contributed by atoms with Crippen molar-refractivity contribution in [2.75, 3.05) is 61.7 Å². The number of likely N-dealkylation sites (tertiary alicyclic amines) is 1. The van der Waals surface area contributed by atoms with Gasteiger partial charge in [0.1, 0.15) is 11.4 Å². The second kappa shape index (κ2) is 14.3. The zero-order valence-electron chi connectivity index (χ0n) is 30.7. The highest BCUT2D eigenvalue weighted by molar-refractivity contribution is 6.02. The van der Waals surface area contributed by atoms with Gasteiger partial charge in [0.15, 0.2) is 6.61 Å². The van der Waals surface area contributed by atoms with Crippen LogP contribution < -0.4 is 19.4 Å². The van der Waals surface area contributed by atoms with Crippen LogP contribution in [0.25, 0.3) is 11.1 Å². The minimum atomic E-state index is -0.672. The van der Waals surface area contributed by atoms with E-state index >= 15 is 4.79 Å². The predicted octanol–water partition coefficient (Wildman–Crippen LogP) is 6.17. The highest BCUT2D eigenvalue weighted by atomic mass is 16.6. The third kappa shape index (κ3) is 7.24. The van der Waals surface area contributed by atoms with Crippen molar-refractivity contribution in [2.24, 2.45) is 5.92 Å². The van der Waals surface area contributed by atoms with Crippen LogP contribution in [0.2, 0.25) is 0 Å². The molecular weight excluding hydrogens is 660 g/mol. The van der Waals surface area contributed by atoms with Crippen molar-refractivity contribution in [3.63, 3.8) is 0 Å². The summed E-state index contributed by atoms with van der Waals surface area (Å²) in [5, 5.41) is 0. The van der Waals surface area contributed by atoms with E-state index in [2.05, 4.69) is 30.3 Å². The topological polar surface area (TPSA) is 109 Å². The van der Waals surface area contributed by atoms with Gasteiger partial charge >= 0.3 is 6.09 Å². The first kappa shape index (κ1) is 35.5. The average Bonchev–Trinajstić information content (AvgIpc) is 3.92. The summed E-state index contributed by atoms with van der Waals surface area (Å²) in [6.45, 7) is 7.17. The number of hydrogen-bond donors (Lipinski definition) is 0. The summed E-state index contributed by atoms with van der Waals surface area (Å²) in [5.41, 5.74) is 5.64. The van der Waals surface area contributed by atoms with Crippen molar-refractivity contribution in [1.29, 1.82) is 0 Å². The molecule has 11 nitrogen and oxygen atoms in total. The molecule has 4 aliphatic rings. The van der Waals surface area contributed by atoms with Gasteiger partial charge in [-0.05, 0) is 98.9 Å². The minimum absolute atomic E-state index is 0.0164. The molecule has 7 rings (SSSR count). The Kier molecular flexibility index (Phi) is 9.73. The first-order chi connectivity index (χ1) is 24.9. The highest BCUT2D eigenvalue weighted by Gasteiger charge is 2.44. The summed E-state index contributed by atoms with van der Waals surface area (Å²) < 4.78 is 16.8. The van der Waals surface area contributed by atoms with Gasteiger partial charge in [-0.15, -0.1) is 0 Å². The van der Waals surface area contributed by atoms with E-state index in [-0.39, 0.29) is 42.8 Å². The quantitative estimate of drug-likeness (QED) is 0.245. The van der Waals surface area contributed by atoms with E-state index in [1.165, 1.54) is 0 Å². The number of hydrogen-bond acceptors (Lipinski definition) is 7. The molecule has 1 aliphatic carbocycles. The second-order valence-electron chi connectivity index (χ2n) is 15.3. The zero-order chi connectivity index (χ0) is 36.7. The van der Waals surface area contributed by atoms with Gasteiger partial charge in [-0.3, -0.25) is 14.4 Å². The van der Waals surface area contributed by atoms with Gasteiger partial charge in [0.25, 0.3) is 5.91 Å². The summed E-state index contributed by atoms with van der Waals surface area (Å²) >= 11 is 0. The van der Waals surface area contributed by atoms with Crippen molar-refractivity contribution in [3.8, 4) is 16.9 Å². The van der Waals surface area contributed by atoms with Crippen molar-refractivity contribution in [1.82, 2.24) is 4.90 Å². The zero-order valence-corrected chi connectivity index (χ0v) is 30.7. The summed E-state index contributed by atoms with van der Waals surface area (Å²) in [7, 11) is 3.45. The van der Waals surface area contributed by atoms with Gasteiger partial charge in [-0.2, -0.15) is 0 Å². The minimum Gasteiger partial charge on any atom is -0.482 e. The third-order valence-electron chi connectivity index (χ3n) is 10.4. The summed E-state index contributed by atoms with van der Waals surface area (Å²) in [6.07, 6.45) is 2.97. The maximum absolute atomic E-state index is 15.1. The Balaban J connectivity index is 1.23. The van der Waals surface area contributed by atoms with Crippen LogP contribution in [0.3, 0.4) is 0 Å². The van der Waals surface area contributed by atoms with Gasteiger partial charge < -0.3 is 33.8 Å². The normalized spacial score (nSPS) is 20.0. The number of nitrogens with zero attached hydrogens (tertiary/aromatic N) is 4. The number of piperidine rings is 1. The average molecular weight is 709 g/mol. The molecule has 3 aliphatic heterocycles. The maximum atomic E-state index is 15.1. The van der Waals surface area contributed by atoms with Crippen LogP contribution in [0.5, 0.6) is 5.75 Å². The highest BCUT2D eigenvalue weighted by Crippen LogP contribution is 2.43. The van der Waals surface area contributed by atoms with Crippen molar-refractivity contribution in [3.05, 3.63) is 71.8 Å². The Hall–Kier alpha value is -4.90. The molecule has 2 fully saturated rings. The number of fused-ring (bicyclic) bond motifs is 2. The molecule has 11 heteroatoms. The Morgan fingerprint density at radius 3 is 2.48 bits per heavy atom. The van der Waals surface area contributed by atoms with Gasteiger partial charge in [0.2, 0.25) is 11.8 Å². The first-order valence-corrected chi connectivity index (χ1v) is 18.3. The molecule has 2 atom stereocenters. The van der Waals surface area contributed by atoms with E-state index in [4.69, 9.17) is 14.2 Å². The van der Waals surface area contributed by atoms with E-state index in [9.17, 15) is 14.4 Å². The molecule has 3 aromatic rings. The standard InChI is InChI=1S/C41H48N4O7/c1-41(2,3)52-40(49)43-18-16-32(28-9-6-8-26(20-28)27-10-11-29-22-37(46)42(4)34(29)21-27)33(24-43)39(48)45(30-12-13-30)31-14-15-36-35(23-31)44(17-7-19-50-5)38(47)25-51-36/h6,8-11,14-15,20-21,23,30,32-33H,7,12-13,16-19,22,24-25H2,1-5H3/t32-,33+/m1/s1. The molecule has 0 N–H and O–H groups in total. The number of benzene rings is 3. The molecule has 0 unspecified atom stereocenters. The Bertz CT molecular complexity index is 1880. The van der Waals surface area contributed by atoms with Crippen LogP contribution in [0, 0.1) is 5.92 Å². The van der Waals surface area contributed by atoms with E-state index in [1.54, 1.807) is 28.9 Å². The van der Waals surface area contributed by atoms with E-state index < -0.39 is 17.6 Å².